The Morgan fingerprint density at radius 2 is 2.18 bits per heavy atom. The Morgan fingerprint density at radius 3 is 2.68 bits per heavy atom. The van der Waals surface area contributed by atoms with E-state index in [-0.39, 0.29) is 5.69 Å². The normalized spacial score (nSPS) is 20.8. The molecule has 1 atom stereocenters. The first-order valence-corrected chi connectivity index (χ1v) is 6.36. The van der Waals surface area contributed by atoms with Crippen molar-refractivity contribution < 1.29 is 18.0 Å². The van der Waals surface area contributed by atoms with Crippen molar-refractivity contribution in [2.24, 2.45) is 5.10 Å². The van der Waals surface area contributed by atoms with Gasteiger partial charge in [-0.3, -0.25) is 10.2 Å². The van der Waals surface area contributed by atoms with Gasteiger partial charge in [-0.1, -0.05) is 6.07 Å². The van der Waals surface area contributed by atoms with Crippen LogP contribution in [-0.2, 0) is 11.0 Å². The number of amides is 1. The van der Waals surface area contributed by atoms with E-state index in [1.807, 2.05) is 0 Å². The number of carbonyl (C=O) groups is 1. The van der Waals surface area contributed by atoms with Gasteiger partial charge in [0.25, 0.3) is 5.91 Å². The van der Waals surface area contributed by atoms with Crippen molar-refractivity contribution in [3.63, 3.8) is 0 Å². The first kappa shape index (κ1) is 15.8. The van der Waals surface area contributed by atoms with E-state index in [0.717, 1.165) is 17.8 Å². The smallest absolute Gasteiger partial charge is 0.324 e. The van der Waals surface area contributed by atoms with Crippen LogP contribution in [0.4, 0.5) is 24.5 Å². The number of carbonyl (C=O) groups excluding carboxylic acids is 1. The second kappa shape index (κ2) is 5.33. The molecule has 1 aromatic rings. The fourth-order valence-corrected chi connectivity index (χ4v) is 2.15. The van der Waals surface area contributed by atoms with Gasteiger partial charge in [0, 0.05) is 17.8 Å². The molecule has 0 radical (unpaired) electrons. The topological polar surface area (TPSA) is 57.9 Å². The summed E-state index contributed by atoms with van der Waals surface area (Å²) in [6.07, 6.45) is -4.29. The summed E-state index contributed by atoms with van der Waals surface area (Å²) in [5, 5.41) is 6.35. The summed E-state index contributed by atoms with van der Waals surface area (Å²) in [6, 6.07) is 3.07. The Balaban J connectivity index is 2.25. The van der Waals surface area contributed by atoms with E-state index in [1.54, 1.807) is 13.8 Å². The molecule has 0 spiro atoms. The maximum Gasteiger partial charge on any atom is 0.407 e. The van der Waals surface area contributed by atoms with Crippen LogP contribution in [0.15, 0.2) is 23.3 Å². The number of nitrogens with one attached hydrogen (secondary N) is 2. The molecular formula is C14H13F3N4O. The number of hydrogen-bond acceptors (Lipinski definition) is 3. The quantitative estimate of drug-likeness (QED) is 0.823. The monoisotopic (exact) mass is 310 g/mol. The number of halogens is 3. The zero-order valence-electron chi connectivity index (χ0n) is 11.9. The molecule has 1 aliphatic rings. The van der Waals surface area contributed by atoms with Crippen molar-refractivity contribution in [3.8, 4) is 0 Å². The maximum atomic E-state index is 12.9. The van der Waals surface area contributed by atoms with Crippen LogP contribution in [0.1, 0.15) is 25.8 Å². The number of alkyl halides is 3. The van der Waals surface area contributed by atoms with Gasteiger partial charge in [0.15, 0.2) is 5.69 Å². The predicted octanol–water partition coefficient (Wildman–Crippen LogP) is 3.32. The maximum absolute atomic E-state index is 12.9. The highest BCUT2D eigenvalue weighted by Crippen LogP contribution is 2.38. The Bertz CT molecular complexity index is 690. The molecule has 1 amide bonds. The molecule has 0 saturated heterocycles. The molecule has 5 nitrogen and oxygen atoms in total. The number of hydrogen-bond donors (Lipinski definition) is 2. The Kier molecular flexibility index (Phi) is 3.83. The first-order chi connectivity index (χ1) is 10.2. The molecule has 0 aliphatic carbocycles. The number of rotatable bonds is 2. The number of anilines is 1. The molecule has 0 bridgehead atoms. The third-order valence-electron chi connectivity index (χ3n) is 3.28. The Hall–Kier alpha value is -2.56. The van der Waals surface area contributed by atoms with Gasteiger partial charge in [-0.15, -0.1) is 0 Å². The minimum absolute atomic E-state index is 0.0164. The fraction of sp³-hybridized carbons (Fsp3) is 0.357. The summed E-state index contributed by atoms with van der Waals surface area (Å²) < 4.78 is 38.7. The van der Waals surface area contributed by atoms with Gasteiger partial charge in [0.1, 0.15) is 5.54 Å². The lowest BCUT2D eigenvalue weighted by atomic mass is 9.96. The SMILES string of the molecule is [C-]#[N+]c1ccc(NC(=O)C2(C)CC(C)=NN2)cc1C(F)(F)F. The van der Waals surface area contributed by atoms with Gasteiger partial charge in [-0.25, -0.2) is 4.85 Å². The van der Waals surface area contributed by atoms with Crippen LogP contribution in [-0.4, -0.2) is 17.2 Å². The highest BCUT2D eigenvalue weighted by molar-refractivity contribution is 6.02. The third-order valence-corrected chi connectivity index (χ3v) is 3.28. The number of hydrazone groups is 1. The van der Waals surface area contributed by atoms with Crippen molar-refractivity contribution >= 4 is 23.0 Å². The molecule has 1 aromatic carbocycles. The zero-order chi connectivity index (χ0) is 16.5. The highest BCUT2D eigenvalue weighted by Gasteiger charge is 2.38. The standard InChI is InChI=1S/C14H13F3N4O/c1-8-7-13(2,21-20-8)12(22)19-9-4-5-11(18-3)10(6-9)14(15,16)17/h4-6,21H,7H2,1-2H3,(H,19,22). The van der Waals surface area contributed by atoms with Crippen LogP contribution >= 0.6 is 0 Å². The van der Waals surface area contributed by atoms with Crippen LogP contribution < -0.4 is 10.7 Å². The summed E-state index contributed by atoms with van der Waals surface area (Å²) in [6.45, 7) is 10.1. The van der Waals surface area contributed by atoms with E-state index >= 15 is 0 Å². The van der Waals surface area contributed by atoms with E-state index in [1.165, 1.54) is 6.07 Å². The summed E-state index contributed by atoms with van der Waals surface area (Å²) in [4.78, 5) is 15.1. The van der Waals surface area contributed by atoms with Gasteiger partial charge < -0.3 is 5.32 Å². The molecule has 1 heterocycles. The largest absolute Gasteiger partial charge is 0.407 e. The molecule has 0 fully saturated rings. The lowest BCUT2D eigenvalue weighted by Crippen LogP contribution is -2.47. The van der Waals surface area contributed by atoms with Crippen molar-refractivity contribution in [3.05, 3.63) is 35.2 Å². The number of benzene rings is 1. The summed E-state index contributed by atoms with van der Waals surface area (Å²) >= 11 is 0. The van der Waals surface area contributed by atoms with Gasteiger partial charge in [0.2, 0.25) is 0 Å². The highest BCUT2D eigenvalue weighted by atomic mass is 19.4. The van der Waals surface area contributed by atoms with Crippen LogP contribution in [0.2, 0.25) is 0 Å². The van der Waals surface area contributed by atoms with Gasteiger partial charge >= 0.3 is 6.18 Å². The van der Waals surface area contributed by atoms with Crippen molar-refractivity contribution in [2.45, 2.75) is 32.0 Å². The summed E-state index contributed by atoms with van der Waals surface area (Å²) in [7, 11) is 0. The Labute approximate surface area is 125 Å². The van der Waals surface area contributed by atoms with E-state index in [0.29, 0.717) is 6.42 Å². The predicted molar refractivity (Wildman–Crippen MR) is 75.6 cm³/mol. The third kappa shape index (κ3) is 3.03. The van der Waals surface area contributed by atoms with Crippen LogP contribution in [0.25, 0.3) is 4.85 Å². The first-order valence-electron chi connectivity index (χ1n) is 6.36. The number of nitrogens with zero attached hydrogens (tertiary/aromatic N) is 2. The van der Waals surface area contributed by atoms with Crippen LogP contribution in [0.3, 0.4) is 0 Å². The lowest BCUT2D eigenvalue weighted by Gasteiger charge is -2.22. The van der Waals surface area contributed by atoms with E-state index in [4.69, 9.17) is 6.57 Å². The van der Waals surface area contributed by atoms with Gasteiger partial charge in [-0.05, 0) is 26.0 Å². The zero-order valence-corrected chi connectivity index (χ0v) is 11.9. The molecule has 1 aliphatic heterocycles. The van der Waals surface area contributed by atoms with Gasteiger partial charge in [0.05, 0.1) is 12.1 Å². The molecule has 2 rings (SSSR count). The van der Waals surface area contributed by atoms with E-state index in [9.17, 15) is 18.0 Å². The molecule has 22 heavy (non-hydrogen) atoms. The molecule has 0 saturated carbocycles. The minimum atomic E-state index is -4.66. The average Bonchev–Trinajstić information content (AvgIpc) is 2.79. The van der Waals surface area contributed by atoms with E-state index in [2.05, 4.69) is 20.7 Å². The van der Waals surface area contributed by atoms with E-state index < -0.39 is 28.9 Å². The van der Waals surface area contributed by atoms with Crippen LogP contribution in [0, 0.1) is 6.57 Å². The Morgan fingerprint density at radius 1 is 1.50 bits per heavy atom. The lowest BCUT2D eigenvalue weighted by molar-refractivity contribution is -0.136. The average molecular weight is 310 g/mol. The van der Waals surface area contributed by atoms with Gasteiger partial charge in [-0.2, -0.15) is 18.3 Å². The summed E-state index contributed by atoms with van der Waals surface area (Å²) in [5.41, 5.74) is 0.817. The minimum Gasteiger partial charge on any atom is -0.324 e. The van der Waals surface area contributed by atoms with Crippen molar-refractivity contribution in [1.29, 1.82) is 0 Å². The molecule has 116 valence electrons. The molecular weight excluding hydrogens is 297 g/mol. The second-order valence-electron chi connectivity index (χ2n) is 5.26. The molecule has 8 heteroatoms. The van der Waals surface area contributed by atoms with Crippen LogP contribution in [0.5, 0.6) is 0 Å². The molecule has 0 aromatic heterocycles. The van der Waals surface area contributed by atoms with Crippen molar-refractivity contribution in [2.75, 3.05) is 5.32 Å². The fourth-order valence-electron chi connectivity index (χ4n) is 2.15. The van der Waals surface area contributed by atoms with Crippen molar-refractivity contribution in [1.82, 2.24) is 5.43 Å². The molecule has 1 unspecified atom stereocenters. The summed E-state index contributed by atoms with van der Waals surface area (Å²) in [5.74, 6) is -0.489. The second-order valence-corrected chi connectivity index (χ2v) is 5.26. The molecule has 2 N–H and O–H groups in total.